The van der Waals surface area contributed by atoms with Crippen LogP contribution in [0.15, 0.2) is 42.5 Å². The third-order valence-electron chi connectivity index (χ3n) is 4.82. The van der Waals surface area contributed by atoms with Crippen molar-refractivity contribution < 1.29 is 13.9 Å². The number of anilines is 1. The highest BCUT2D eigenvalue weighted by atomic mass is 19.1. The Kier molecular flexibility index (Phi) is 5.04. The number of benzene rings is 2. The number of methoxy groups -OCH3 is 1. The minimum Gasteiger partial charge on any atom is -0.494 e. The van der Waals surface area contributed by atoms with Crippen molar-refractivity contribution in [3.63, 3.8) is 0 Å². The molecule has 1 aliphatic heterocycles. The maximum absolute atomic E-state index is 13.9. The van der Waals surface area contributed by atoms with Crippen LogP contribution < -0.4 is 9.64 Å². The van der Waals surface area contributed by atoms with Crippen molar-refractivity contribution in [1.82, 2.24) is 4.90 Å². The van der Waals surface area contributed by atoms with Crippen LogP contribution in [0.2, 0.25) is 0 Å². The third kappa shape index (κ3) is 3.51. The fraction of sp³-hybridized carbons (Fsp3) is 0.350. The molecule has 25 heavy (non-hydrogen) atoms. The Labute approximate surface area is 147 Å². The smallest absolute Gasteiger partial charge is 0.244 e. The van der Waals surface area contributed by atoms with Gasteiger partial charge >= 0.3 is 0 Å². The van der Waals surface area contributed by atoms with Crippen molar-refractivity contribution in [3.05, 3.63) is 59.4 Å². The van der Waals surface area contributed by atoms with Gasteiger partial charge in [0, 0.05) is 18.8 Å². The van der Waals surface area contributed by atoms with Crippen molar-refractivity contribution in [2.24, 2.45) is 0 Å². The molecule has 4 nitrogen and oxygen atoms in total. The van der Waals surface area contributed by atoms with Gasteiger partial charge in [0.15, 0.2) is 11.6 Å². The maximum Gasteiger partial charge on any atom is 0.244 e. The highest BCUT2D eigenvalue weighted by molar-refractivity contribution is 5.98. The van der Waals surface area contributed by atoms with E-state index in [-0.39, 0.29) is 23.5 Å². The summed E-state index contributed by atoms with van der Waals surface area (Å²) in [6, 6.07) is 12.6. The van der Waals surface area contributed by atoms with Gasteiger partial charge in [-0.25, -0.2) is 4.39 Å². The van der Waals surface area contributed by atoms with Gasteiger partial charge in [-0.1, -0.05) is 24.3 Å². The highest BCUT2D eigenvalue weighted by Gasteiger charge is 2.29. The number of halogens is 1. The van der Waals surface area contributed by atoms with Gasteiger partial charge in [-0.15, -0.1) is 0 Å². The molecule has 1 aliphatic rings. The van der Waals surface area contributed by atoms with Crippen molar-refractivity contribution >= 4 is 11.6 Å². The summed E-state index contributed by atoms with van der Waals surface area (Å²) in [5.74, 6) is -0.0912. The van der Waals surface area contributed by atoms with E-state index in [4.69, 9.17) is 4.74 Å². The molecule has 2 aromatic carbocycles. The van der Waals surface area contributed by atoms with Gasteiger partial charge in [-0.05, 0) is 49.7 Å². The van der Waals surface area contributed by atoms with Crippen LogP contribution in [0.5, 0.6) is 5.75 Å². The summed E-state index contributed by atoms with van der Waals surface area (Å²) in [4.78, 5) is 16.7. The molecule has 132 valence electrons. The normalized spacial score (nSPS) is 14.5. The molecule has 0 saturated heterocycles. The number of likely N-dealkylation sites (N-methyl/N-ethyl adjacent to an activating group) is 1. The Hall–Kier alpha value is -2.40. The summed E-state index contributed by atoms with van der Waals surface area (Å²) in [6.07, 6.45) is 0.891. The van der Waals surface area contributed by atoms with Crippen LogP contribution in [-0.4, -0.2) is 37.6 Å². The highest BCUT2D eigenvalue weighted by Crippen LogP contribution is 2.28. The molecule has 0 aliphatic carbocycles. The fourth-order valence-electron chi connectivity index (χ4n) is 3.21. The predicted molar refractivity (Wildman–Crippen MR) is 96.4 cm³/mol. The maximum atomic E-state index is 13.9. The first-order valence-corrected chi connectivity index (χ1v) is 8.43. The molecule has 5 heteroatoms. The number of carbonyl (C=O) groups excluding carboxylic acids is 1. The Bertz CT molecular complexity index is 778. The van der Waals surface area contributed by atoms with Gasteiger partial charge in [0.2, 0.25) is 5.91 Å². The van der Waals surface area contributed by atoms with E-state index in [0.717, 1.165) is 17.7 Å². The van der Waals surface area contributed by atoms with E-state index in [1.165, 1.54) is 18.7 Å². The quantitative estimate of drug-likeness (QED) is 0.836. The predicted octanol–water partition coefficient (Wildman–Crippen LogP) is 3.24. The molecule has 0 bridgehead atoms. The number of para-hydroxylation sites is 1. The Balaban J connectivity index is 1.69. The van der Waals surface area contributed by atoms with Gasteiger partial charge in [0.1, 0.15) is 0 Å². The van der Waals surface area contributed by atoms with Gasteiger partial charge in [0.05, 0.1) is 13.2 Å². The van der Waals surface area contributed by atoms with Crippen LogP contribution in [0, 0.1) is 5.82 Å². The topological polar surface area (TPSA) is 32.8 Å². The lowest BCUT2D eigenvalue weighted by Crippen LogP contribution is -2.45. The Morgan fingerprint density at radius 3 is 2.80 bits per heavy atom. The molecular formula is C20H23FN2O2. The van der Waals surface area contributed by atoms with Crippen LogP contribution in [0.4, 0.5) is 10.1 Å². The lowest BCUT2D eigenvalue weighted by Gasteiger charge is -2.28. The second-order valence-electron chi connectivity index (χ2n) is 6.43. The van der Waals surface area contributed by atoms with Crippen molar-refractivity contribution in [2.75, 3.05) is 25.6 Å². The standard InChI is InChI=1S/C20H23FN2O2/c1-14(20(24)23-11-10-16-6-4-5-7-18(16)23)22(2)13-15-8-9-19(25-3)17(21)12-15/h4-9,12,14H,10-11,13H2,1-3H3. The van der Waals surface area contributed by atoms with Crippen LogP contribution in [0.3, 0.4) is 0 Å². The lowest BCUT2D eigenvalue weighted by molar-refractivity contribution is -0.122. The molecule has 0 saturated carbocycles. The minimum absolute atomic E-state index is 0.0708. The van der Waals surface area contributed by atoms with E-state index in [9.17, 15) is 9.18 Å². The molecule has 1 unspecified atom stereocenters. The van der Waals surface area contributed by atoms with Crippen molar-refractivity contribution in [1.29, 1.82) is 0 Å². The molecule has 0 fully saturated rings. The first-order chi connectivity index (χ1) is 12.0. The number of nitrogens with zero attached hydrogens (tertiary/aromatic N) is 2. The molecule has 1 heterocycles. The van der Waals surface area contributed by atoms with E-state index >= 15 is 0 Å². The second-order valence-corrected chi connectivity index (χ2v) is 6.43. The lowest BCUT2D eigenvalue weighted by atomic mass is 10.1. The zero-order chi connectivity index (χ0) is 18.0. The van der Waals surface area contributed by atoms with E-state index in [2.05, 4.69) is 6.07 Å². The van der Waals surface area contributed by atoms with Crippen LogP contribution in [0.1, 0.15) is 18.1 Å². The molecule has 0 N–H and O–H groups in total. The number of fused-ring (bicyclic) bond motifs is 1. The summed E-state index contributed by atoms with van der Waals surface area (Å²) in [6.45, 7) is 3.10. The van der Waals surface area contributed by atoms with Crippen molar-refractivity contribution in [2.45, 2.75) is 25.9 Å². The largest absolute Gasteiger partial charge is 0.494 e. The summed E-state index contributed by atoms with van der Waals surface area (Å²) in [7, 11) is 3.32. The number of amides is 1. The molecule has 0 radical (unpaired) electrons. The monoisotopic (exact) mass is 342 g/mol. The zero-order valence-corrected chi connectivity index (χ0v) is 14.8. The summed E-state index contributed by atoms with van der Waals surface area (Å²) < 4.78 is 18.8. The van der Waals surface area contributed by atoms with E-state index < -0.39 is 0 Å². The molecule has 3 rings (SSSR count). The fourth-order valence-corrected chi connectivity index (χ4v) is 3.21. The molecule has 0 spiro atoms. The molecular weight excluding hydrogens is 319 g/mol. The summed E-state index contributed by atoms with van der Waals surface area (Å²) in [5.41, 5.74) is 3.02. The van der Waals surface area contributed by atoms with Crippen LogP contribution in [0.25, 0.3) is 0 Å². The Morgan fingerprint density at radius 1 is 1.32 bits per heavy atom. The molecule has 0 aromatic heterocycles. The molecule has 1 amide bonds. The van der Waals surface area contributed by atoms with Gasteiger partial charge < -0.3 is 9.64 Å². The number of rotatable bonds is 5. The second kappa shape index (κ2) is 7.23. The summed E-state index contributed by atoms with van der Waals surface area (Å²) >= 11 is 0. The number of carbonyl (C=O) groups is 1. The van der Waals surface area contributed by atoms with E-state index in [1.807, 2.05) is 48.0 Å². The average molecular weight is 342 g/mol. The first kappa shape index (κ1) is 17.4. The van der Waals surface area contributed by atoms with Crippen molar-refractivity contribution in [3.8, 4) is 5.75 Å². The zero-order valence-electron chi connectivity index (χ0n) is 14.8. The van der Waals surface area contributed by atoms with Crippen LogP contribution >= 0.6 is 0 Å². The van der Waals surface area contributed by atoms with Gasteiger partial charge in [0.25, 0.3) is 0 Å². The summed E-state index contributed by atoms with van der Waals surface area (Å²) in [5, 5.41) is 0. The van der Waals surface area contributed by atoms with Crippen LogP contribution in [-0.2, 0) is 17.8 Å². The molecule has 2 aromatic rings. The van der Waals surface area contributed by atoms with E-state index in [1.54, 1.807) is 6.07 Å². The number of hydrogen-bond donors (Lipinski definition) is 0. The van der Waals surface area contributed by atoms with Gasteiger partial charge in [-0.3, -0.25) is 9.69 Å². The van der Waals surface area contributed by atoms with E-state index in [0.29, 0.717) is 13.1 Å². The first-order valence-electron chi connectivity index (χ1n) is 8.43. The number of ether oxygens (including phenoxy) is 1. The molecule has 1 atom stereocenters. The SMILES string of the molecule is COc1ccc(CN(C)C(C)C(=O)N2CCc3ccccc32)cc1F. The van der Waals surface area contributed by atoms with Gasteiger partial charge in [-0.2, -0.15) is 0 Å². The number of hydrogen-bond acceptors (Lipinski definition) is 3. The third-order valence-corrected chi connectivity index (χ3v) is 4.82. The average Bonchev–Trinajstić information content (AvgIpc) is 3.04. The Morgan fingerprint density at radius 2 is 2.08 bits per heavy atom. The minimum atomic E-state index is -0.388.